The standard InChI is InChI=1S/C17H17N3O3S/c1-19-16(22)14(10-15(21)18-12-6-3-2-4-7-12)20(17(19)24)11-13-8-5-9-23-13/h2-9,14H,10-11H2,1H3,(H,18,21)/t14-/m0/s1. The van der Waals surface area contributed by atoms with Crippen molar-refractivity contribution in [2.45, 2.75) is 19.0 Å². The molecule has 1 fully saturated rings. The average molecular weight is 343 g/mol. The first-order valence-electron chi connectivity index (χ1n) is 7.51. The fraction of sp³-hybridized carbons (Fsp3) is 0.235. The van der Waals surface area contributed by atoms with Gasteiger partial charge in [0, 0.05) is 12.7 Å². The summed E-state index contributed by atoms with van der Waals surface area (Å²) in [6, 6.07) is 12.1. The van der Waals surface area contributed by atoms with E-state index >= 15 is 0 Å². The molecule has 24 heavy (non-hydrogen) atoms. The molecule has 0 aliphatic carbocycles. The Labute approximate surface area is 145 Å². The van der Waals surface area contributed by atoms with Gasteiger partial charge in [-0.3, -0.25) is 14.5 Å². The normalized spacial score (nSPS) is 17.5. The van der Waals surface area contributed by atoms with E-state index in [1.807, 2.05) is 24.3 Å². The van der Waals surface area contributed by atoms with Crippen LogP contribution in [0.3, 0.4) is 0 Å². The second-order valence-electron chi connectivity index (χ2n) is 5.52. The van der Waals surface area contributed by atoms with Gasteiger partial charge in [-0.25, -0.2) is 0 Å². The number of rotatable bonds is 5. The predicted octanol–water partition coefficient (Wildman–Crippen LogP) is 2.24. The summed E-state index contributed by atoms with van der Waals surface area (Å²) < 4.78 is 5.33. The number of furan rings is 1. The van der Waals surface area contributed by atoms with Crippen LogP contribution in [0.2, 0.25) is 0 Å². The summed E-state index contributed by atoms with van der Waals surface area (Å²) in [6.45, 7) is 0.352. The van der Waals surface area contributed by atoms with Crippen molar-refractivity contribution in [3.63, 3.8) is 0 Å². The number of nitrogens with zero attached hydrogens (tertiary/aromatic N) is 2. The molecular weight excluding hydrogens is 326 g/mol. The number of carbonyl (C=O) groups excluding carboxylic acids is 2. The maximum absolute atomic E-state index is 12.4. The van der Waals surface area contributed by atoms with E-state index in [2.05, 4.69) is 5.32 Å². The number of benzene rings is 1. The van der Waals surface area contributed by atoms with Gasteiger partial charge in [-0.05, 0) is 36.5 Å². The SMILES string of the molecule is CN1C(=O)[C@H](CC(=O)Nc2ccccc2)N(Cc2ccco2)C1=S. The highest BCUT2D eigenvalue weighted by molar-refractivity contribution is 7.80. The molecule has 2 aromatic rings. The highest BCUT2D eigenvalue weighted by Gasteiger charge is 2.41. The zero-order valence-corrected chi connectivity index (χ0v) is 14.0. The summed E-state index contributed by atoms with van der Waals surface area (Å²) in [7, 11) is 1.62. The van der Waals surface area contributed by atoms with Gasteiger partial charge in [-0.1, -0.05) is 18.2 Å². The van der Waals surface area contributed by atoms with E-state index in [0.29, 0.717) is 23.1 Å². The summed E-state index contributed by atoms with van der Waals surface area (Å²) >= 11 is 5.33. The number of amides is 2. The number of anilines is 1. The first-order chi connectivity index (χ1) is 11.6. The van der Waals surface area contributed by atoms with Crippen LogP contribution >= 0.6 is 12.2 Å². The minimum absolute atomic E-state index is 0.0267. The summed E-state index contributed by atoms with van der Waals surface area (Å²) in [5.41, 5.74) is 0.696. The van der Waals surface area contributed by atoms with Gasteiger partial charge in [-0.2, -0.15) is 0 Å². The van der Waals surface area contributed by atoms with Gasteiger partial charge in [0.25, 0.3) is 5.91 Å². The topological polar surface area (TPSA) is 65.8 Å². The van der Waals surface area contributed by atoms with E-state index < -0.39 is 6.04 Å². The molecular formula is C17H17N3O3S. The molecule has 1 aliphatic heterocycles. The van der Waals surface area contributed by atoms with E-state index in [-0.39, 0.29) is 18.2 Å². The fourth-order valence-corrected chi connectivity index (χ4v) is 2.91. The molecule has 3 rings (SSSR count). The largest absolute Gasteiger partial charge is 0.467 e. The number of hydrogen-bond donors (Lipinski definition) is 1. The second-order valence-corrected chi connectivity index (χ2v) is 5.89. The minimum Gasteiger partial charge on any atom is -0.467 e. The maximum Gasteiger partial charge on any atom is 0.251 e. The summed E-state index contributed by atoms with van der Waals surface area (Å²) in [5.74, 6) is 0.269. The molecule has 1 aromatic carbocycles. The van der Waals surface area contributed by atoms with Gasteiger partial charge in [0.05, 0.1) is 19.2 Å². The van der Waals surface area contributed by atoms with E-state index in [1.54, 1.807) is 36.4 Å². The molecule has 0 unspecified atom stereocenters. The molecule has 1 aromatic heterocycles. The Hall–Kier alpha value is -2.67. The first kappa shape index (κ1) is 16.2. The second kappa shape index (κ2) is 6.84. The molecule has 1 aliphatic rings. The Morgan fingerprint density at radius 2 is 2.00 bits per heavy atom. The van der Waals surface area contributed by atoms with Crippen LogP contribution in [0.4, 0.5) is 5.69 Å². The van der Waals surface area contributed by atoms with Crippen LogP contribution in [0.15, 0.2) is 53.1 Å². The Kier molecular flexibility index (Phi) is 4.61. The van der Waals surface area contributed by atoms with Gasteiger partial charge in [0.15, 0.2) is 5.11 Å². The van der Waals surface area contributed by atoms with Crippen molar-refractivity contribution < 1.29 is 14.0 Å². The van der Waals surface area contributed by atoms with E-state index in [9.17, 15) is 9.59 Å². The fourth-order valence-electron chi connectivity index (χ4n) is 2.63. The van der Waals surface area contributed by atoms with Crippen molar-refractivity contribution in [2.75, 3.05) is 12.4 Å². The minimum atomic E-state index is -0.628. The molecule has 0 bridgehead atoms. The lowest BCUT2D eigenvalue weighted by atomic mass is 10.1. The molecule has 1 atom stereocenters. The molecule has 0 saturated carbocycles. The van der Waals surface area contributed by atoms with Crippen molar-refractivity contribution in [3.05, 3.63) is 54.5 Å². The Balaban J connectivity index is 1.72. The van der Waals surface area contributed by atoms with Crippen molar-refractivity contribution in [2.24, 2.45) is 0 Å². The molecule has 2 heterocycles. The highest BCUT2D eigenvalue weighted by atomic mass is 32.1. The molecule has 0 spiro atoms. The quantitative estimate of drug-likeness (QED) is 0.844. The molecule has 2 amide bonds. The van der Waals surface area contributed by atoms with Crippen LogP contribution in [-0.4, -0.2) is 39.8 Å². The number of nitrogens with one attached hydrogen (secondary N) is 1. The zero-order chi connectivity index (χ0) is 17.1. The third kappa shape index (κ3) is 3.30. The zero-order valence-electron chi connectivity index (χ0n) is 13.1. The molecule has 6 nitrogen and oxygen atoms in total. The summed E-state index contributed by atoms with van der Waals surface area (Å²) in [6.07, 6.45) is 1.59. The van der Waals surface area contributed by atoms with Crippen LogP contribution in [0.1, 0.15) is 12.2 Å². The van der Waals surface area contributed by atoms with Gasteiger partial charge in [-0.15, -0.1) is 0 Å². The lowest BCUT2D eigenvalue weighted by molar-refractivity contribution is -0.130. The molecule has 0 radical (unpaired) electrons. The van der Waals surface area contributed by atoms with Gasteiger partial charge in [0.2, 0.25) is 5.91 Å². The van der Waals surface area contributed by atoms with Crippen molar-refractivity contribution in [1.82, 2.24) is 9.80 Å². The molecule has 1 N–H and O–H groups in total. The van der Waals surface area contributed by atoms with Crippen LogP contribution in [0, 0.1) is 0 Å². The number of likely N-dealkylation sites (N-methyl/N-ethyl adjacent to an activating group) is 1. The third-order valence-electron chi connectivity index (χ3n) is 3.87. The van der Waals surface area contributed by atoms with Gasteiger partial charge in [0.1, 0.15) is 11.8 Å². The first-order valence-corrected chi connectivity index (χ1v) is 7.92. The monoisotopic (exact) mass is 343 g/mol. The molecule has 7 heteroatoms. The van der Waals surface area contributed by atoms with Gasteiger partial charge >= 0.3 is 0 Å². The smallest absolute Gasteiger partial charge is 0.251 e. The Morgan fingerprint density at radius 1 is 1.25 bits per heavy atom. The summed E-state index contributed by atoms with van der Waals surface area (Å²) in [5, 5.41) is 3.19. The number of carbonyl (C=O) groups is 2. The highest BCUT2D eigenvalue weighted by Crippen LogP contribution is 2.22. The van der Waals surface area contributed by atoms with E-state index in [4.69, 9.17) is 16.6 Å². The average Bonchev–Trinajstić information content (AvgIpc) is 3.15. The lowest BCUT2D eigenvalue weighted by Crippen LogP contribution is -2.37. The number of para-hydroxylation sites is 1. The van der Waals surface area contributed by atoms with E-state index in [0.717, 1.165) is 0 Å². The number of hydrogen-bond acceptors (Lipinski definition) is 4. The molecule has 1 saturated heterocycles. The van der Waals surface area contributed by atoms with Gasteiger partial charge < -0.3 is 14.6 Å². The number of thiocarbonyl (C=S) groups is 1. The van der Waals surface area contributed by atoms with Crippen LogP contribution in [-0.2, 0) is 16.1 Å². The van der Waals surface area contributed by atoms with Crippen molar-refractivity contribution in [3.8, 4) is 0 Å². The maximum atomic E-state index is 12.4. The lowest BCUT2D eigenvalue weighted by Gasteiger charge is -2.22. The van der Waals surface area contributed by atoms with Crippen molar-refractivity contribution >= 4 is 34.8 Å². The molecule has 124 valence electrons. The van der Waals surface area contributed by atoms with Crippen molar-refractivity contribution in [1.29, 1.82) is 0 Å². The third-order valence-corrected chi connectivity index (χ3v) is 4.38. The predicted molar refractivity (Wildman–Crippen MR) is 93.1 cm³/mol. The Morgan fingerprint density at radius 3 is 2.67 bits per heavy atom. The van der Waals surface area contributed by atoms with Crippen LogP contribution < -0.4 is 5.32 Å². The van der Waals surface area contributed by atoms with Crippen LogP contribution in [0.25, 0.3) is 0 Å². The van der Waals surface area contributed by atoms with Crippen LogP contribution in [0.5, 0.6) is 0 Å². The summed E-state index contributed by atoms with van der Waals surface area (Å²) in [4.78, 5) is 27.9. The van der Waals surface area contributed by atoms with E-state index in [1.165, 1.54) is 4.90 Å². The Bertz CT molecular complexity index is 746.